The van der Waals surface area contributed by atoms with Crippen molar-refractivity contribution in [2.24, 2.45) is 0 Å². The van der Waals surface area contributed by atoms with E-state index in [1.807, 2.05) is 0 Å². The summed E-state index contributed by atoms with van der Waals surface area (Å²) in [7, 11) is 2.69. The lowest BCUT2D eigenvalue weighted by atomic mass is 10.2. The predicted octanol–water partition coefficient (Wildman–Crippen LogP) is 3.99. The van der Waals surface area contributed by atoms with E-state index < -0.39 is 0 Å². The normalized spacial score (nSPS) is 10.2. The van der Waals surface area contributed by atoms with Gasteiger partial charge in [-0.3, -0.25) is 0 Å². The smallest absolute Gasteiger partial charge is 0.337 e. The van der Waals surface area contributed by atoms with Crippen LogP contribution in [0.25, 0.3) is 0 Å². The van der Waals surface area contributed by atoms with Crippen LogP contribution < -0.4 is 0 Å². The van der Waals surface area contributed by atoms with Crippen LogP contribution >= 0.6 is 24.1 Å². The number of ether oxygens (including phenoxy) is 2. The zero-order valence-corrected chi connectivity index (χ0v) is 14.1. The fraction of sp³-hybridized carbons (Fsp3) is 0.125. The van der Waals surface area contributed by atoms with E-state index in [2.05, 4.69) is 9.47 Å². The van der Waals surface area contributed by atoms with Crippen LogP contribution in [0, 0.1) is 0 Å². The Morgan fingerprint density at radius 1 is 0.696 bits per heavy atom. The van der Waals surface area contributed by atoms with Gasteiger partial charge in [-0.25, -0.2) is 13.2 Å². The highest BCUT2D eigenvalue weighted by atomic mass is 32.2. The standard InChI is InChI=1S/C16H14O5S2/c1-19-15(17)11-3-7-13(8-4-11)22-21-23-14-9-5-12(6-10-14)16(18)20-2/h3-10H,1-2H3. The highest BCUT2D eigenvalue weighted by Gasteiger charge is 2.06. The van der Waals surface area contributed by atoms with Crippen molar-refractivity contribution in [1.82, 2.24) is 0 Å². The third-order valence-corrected chi connectivity index (χ3v) is 4.28. The second-order valence-corrected chi connectivity index (χ2v) is 6.09. The molecule has 23 heavy (non-hydrogen) atoms. The van der Waals surface area contributed by atoms with Gasteiger partial charge in [0.1, 0.15) is 0 Å². The van der Waals surface area contributed by atoms with Crippen molar-refractivity contribution in [2.45, 2.75) is 9.79 Å². The summed E-state index contributed by atoms with van der Waals surface area (Å²) in [6.07, 6.45) is 0. The maximum Gasteiger partial charge on any atom is 0.337 e. The Labute approximate surface area is 142 Å². The molecule has 0 aromatic heterocycles. The zero-order chi connectivity index (χ0) is 16.7. The number of hydrogen-bond acceptors (Lipinski definition) is 7. The molecule has 0 radical (unpaired) electrons. The van der Waals surface area contributed by atoms with E-state index in [-0.39, 0.29) is 11.9 Å². The van der Waals surface area contributed by atoms with Gasteiger partial charge in [0.2, 0.25) is 0 Å². The Morgan fingerprint density at radius 2 is 1.04 bits per heavy atom. The van der Waals surface area contributed by atoms with E-state index in [4.69, 9.17) is 3.63 Å². The molecule has 0 atom stereocenters. The molecule has 0 amide bonds. The lowest BCUT2D eigenvalue weighted by Crippen LogP contribution is -2.00. The molecule has 2 aromatic rings. The molecule has 7 heteroatoms. The lowest BCUT2D eigenvalue weighted by molar-refractivity contribution is 0.0592. The Bertz CT molecular complexity index is 608. The first-order valence-corrected chi connectivity index (χ1v) is 8.00. The molecule has 0 N–H and O–H groups in total. The number of carbonyl (C=O) groups excluding carboxylic acids is 2. The van der Waals surface area contributed by atoms with Gasteiger partial charge >= 0.3 is 11.9 Å². The molecule has 0 spiro atoms. The molecule has 0 heterocycles. The van der Waals surface area contributed by atoms with Crippen molar-refractivity contribution in [3.63, 3.8) is 0 Å². The summed E-state index contributed by atoms with van der Waals surface area (Å²) in [6.45, 7) is 0. The average Bonchev–Trinajstić information content (AvgIpc) is 2.61. The fourth-order valence-corrected chi connectivity index (χ4v) is 2.88. The number of benzene rings is 2. The number of methoxy groups -OCH3 is 2. The summed E-state index contributed by atoms with van der Waals surface area (Å²) in [5.41, 5.74) is 0.978. The van der Waals surface area contributed by atoms with Gasteiger partial charge in [0.05, 0.1) is 25.3 Å². The molecule has 5 nitrogen and oxygen atoms in total. The third-order valence-electron chi connectivity index (χ3n) is 2.81. The Balaban J connectivity index is 1.85. The van der Waals surface area contributed by atoms with Crippen LogP contribution in [-0.4, -0.2) is 26.2 Å². The SMILES string of the molecule is COC(=O)c1ccc(SOSc2ccc(C(=O)OC)cc2)cc1. The number of carbonyl (C=O) groups is 2. The first-order chi connectivity index (χ1) is 11.1. The molecule has 0 saturated carbocycles. The van der Waals surface area contributed by atoms with Crippen LogP contribution in [-0.2, 0) is 13.1 Å². The van der Waals surface area contributed by atoms with E-state index in [1.54, 1.807) is 48.5 Å². The van der Waals surface area contributed by atoms with Gasteiger partial charge in [0.15, 0.2) is 0 Å². The van der Waals surface area contributed by atoms with Gasteiger partial charge in [-0.1, -0.05) is 0 Å². The molecule has 0 aliphatic carbocycles. The van der Waals surface area contributed by atoms with Crippen LogP contribution in [0.15, 0.2) is 58.3 Å². The lowest BCUT2D eigenvalue weighted by Gasteiger charge is -2.04. The molecule has 0 aliphatic rings. The minimum atomic E-state index is -0.373. The molecule has 0 bridgehead atoms. The quantitative estimate of drug-likeness (QED) is 0.576. The zero-order valence-electron chi connectivity index (χ0n) is 12.5. The van der Waals surface area contributed by atoms with E-state index >= 15 is 0 Å². The predicted molar refractivity (Wildman–Crippen MR) is 88.4 cm³/mol. The van der Waals surface area contributed by atoms with Gasteiger partial charge in [0.25, 0.3) is 0 Å². The molecule has 2 aromatic carbocycles. The van der Waals surface area contributed by atoms with Crippen LogP contribution in [0.3, 0.4) is 0 Å². The number of rotatable bonds is 6. The Morgan fingerprint density at radius 3 is 1.35 bits per heavy atom. The summed E-state index contributed by atoms with van der Waals surface area (Å²) in [5, 5.41) is 0. The second kappa shape index (κ2) is 8.61. The minimum absolute atomic E-state index is 0.373. The molecule has 0 saturated heterocycles. The molecule has 2 rings (SSSR count). The monoisotopic (exact) mass is 350 g/mol. The Hall–Kier alpha value is -1.96. The van der Waals surface area contributed by atoms with Crippen molar-refractivity contribution >= 4 is 36.0 Å². The van der Waals surface area contributed by atoms with Crippen molar-refractivity contribution in [3.8, 4) is 0 Å². The van der Waals surface area contributed by atoms with E-state index in [0.29, 0.717) is 11.1 Å². The third kappa shape index (κ3) is 5.02. The minimum Gasteiger partial charge on any atom is -0.465 e. The molecular weight excluding hydrogens is 336 g/mol. The number of esters is 2. The molecule has 0 fully saturated rings. The summed E-state index contributed by atoms with van der Waals surface area (Å²) >= 11 is 2.36. The van der Waals surface area contributed by atoms with Crippen molar-refractivity contribution in [1.29, 1.82) is 0 Å². The summed E-state index contributed by atoms with van der Waals surface area (Å²) in [5.74, 6) is -0.745. The van der Waals surface area contributed by atoms with Gasteiger partial charge in [-0.2, -0.15) is 0 Å². The summed E-state index contributed by atoms with van der Waals surface area (Å²) in [6, 6.07) is 13.8. The molecule has 120 valence electrons. The molecular formula is C16H14O5S2. The van der Waals surface area contributed by atoms with Gasteiger partial charge < -0.3 is 9.47 Å². The van der Waals surface area contributed by atoms with Gasteiger partial charge in [-0.05, 0) is 48.5 Å². The van der Waals surface area contributed by atoms with Crippen molar-refractivity contribution in [3.05, 3.63) is 59.7 Å². The first kappa shape index (κ1) is 17.4. The largest absolute Gasteiger partial charge is 0.465 e. The first-order valence-electron chi connectivity index (χ1n) is 6.52. The molecule has 0 unspecified atom stereocenters. The average molecular weight is 350 g/mol. The number of hydrogen-bond donors (Lipinski definition) is 0. The van der Waals surface area contributed by atoms with Gasteiger partial charge in [-0.15, -0.1) is 0 Å². The van der Waals surface area contributed by atoms with E-state index in [9.17, 15) is 9.59 Å². The Kier molecular flexibility index (Phi) is 6.52. The maximum absolute atomic E-state index is 11.3. The summed E-state index contributed by atoms with van der Waals surface area (Å²) < 4.78 is 14.7. The van der Waals surface area contributed by atoms with Gasteiger partial charge in [0, 0.05) is 33.9 Å². The van der Waals surface area contributed by atoms with Crippen LogP contribution in [0.2, 0.25) is 0 Å². The van der Waals surface area contributed by atoms with Crippen molar-refractivity contribution < 1.29 is 22.7 Å². The second-order valence-electron chi connectivity index (χ2n) is 4.27. The molecule has 0 aliphatic heterocycles. The van der Waals surface area contributed by atoms with Crippen LogP contribution in [0.4, 0.5) is 0 Å². The van der Waals surface area contributed by atoms with Crippen LogP contribution in [0.5, 0.6) is 0 Å². The summed E-state index contributed by atoms with van der Waals surface area (Å²) in [4.78, 5) is 24.4. The maximum atomic E-state index is 11.3. The fourth-order valence-electron chi connectivity index (χ4n) is 1.62. The highest BCUT2D eigenvalue weighted by molar-refractivity contribution is 8.07. The topological polar surface area (TPSA) is 61.8 Å². The van der Waals surface area contributed by atoms with E-state index in [1.165, 1.54) is 38.3 Å². The van der Waals surface area contributed by atoms with Crippen molar-refractivity contribution in [2.75, 3.05) is 14.2 Å². The van der Waals surface area contributed by atoms with Crippen LogP contribution in [0.1, 0.15) is 20.7 Å². The highest BCUT2D eigenvalue weighted by Crippen LogP contribution is 2.30. The van der Waals surface area contributed by atoms with E-state index in [0.717, 1.165) is 9.79 Å².